The van der Waals surface area contributed by atoms with Crippen LogP contribution in [0, 0.1) is 5.92 Å². The predicted molar refractivity (Wildman–Crippen MR) is 60.6 cm³/mol. The van der Waals surface area contributed by atoms with E-state index in [1.165, 1.54) is 19.3 Å². The van der Waals surface area contributed by atoms with Crippen LogP contribution in [0.15, 0.2) is 0 Å². The van der Waals surface area contributed by atoms with E-state index in [-0.39, 0.29) is 0 Å². The lowest BCUT2D eigenvalue weighted by atomic mass is 10.0. The van der Waals surface area contributed by atoms with Gasteiger partial charge in [0, 0.05) is 25.0 Å². The Bertz CT molecular complexity index is 220. The maximum absolute atomic E-state index is 11.9. The average Bonchev–Trinajstić information content (AvgIpc) is 3.10. The summed E-state index contributed by atoms with van der Waals surface area (Å²) in [4.78, 5) is 14.0. The Morgan fingerprint density at radius 3 is 2.67 bits per heavy atom. The van der Waals surface area contributed by atoms with Gasteiger partial charge in [-0.2, -0.15) is 0 Å². The van der Waals surface area contributed by atoms with Crippen molar-refractivity contribution < 1.29 is 4.79 Å². The van der Waals surface area contributed by atoms with E-state index in [1.54, 1.807) is 0 Å². The zero-order valence-corrected chi connectivity index (χ0v) is 9.67. The van der Waals surface area contributed by atoms with E-state index in [0.717, 1.165) is 32.5 Å². The van der Waals surface area contributed by atoms with Crippen LogP contribution in [0.3, 0.4) is 0 Å². The molecular weight excluding hydrogens is 188 g/mol. The zero-order chi connectivity index (χ0) is 10.7. The largest absolute Gasteiger partial charge is 0.341 e. The molecule has 0 aromatic heterocycles. The highest BCUT2D eigenvalue weighted by atomic mass is 16.2. The molecule has 2 fully saturated rings. The van der Waals surface area contributed by atoms with Crippen LogP contribution in [0.2, 0.25) is 0 Å². The second kappa shape index (κ2) is 4.97. The van der Waals surface area contributed by atoms with Crippen molar-refractivity contribution in [1.82, 2.24) is 10.2 Å². The fourth-order valence-electron chi connectivity index (χ4n) is 2.31. The number of hydrogen-bond donors (Lipinski definition) is 1. The van der Waals surface area contributed by atoms with Crippen molar-refractivity contribution in [2.75, 3.05) is 19.6 Å². The molecule has 86 valence electrons. The molecule has 2 aliphatic rings. The first-order valence-electron chi connectivity index (χ1n) is 6.33. The van der Waals surface area contributed by atoms with Gasteiger partial charge in [-0.05, 0) is 39.2 Å². The molecule has 1 amide bonds. The lowest BCUT2D eigenvalue weighted by Crippen LogP contribution is -2.46. The smallest absolute Gasteiger partial charge is 0.225 e. The van der Waals surface area contributed by atoms with Crippen molar-refractivity contribution in [3.05, 3.63) is 0 Å². The molecule has 0 aromatic rings. The van der Waals surface area contributed by atoms with Crippen molar-refractivity contribution in [2.24, 2.45) is 5.92 Å². The summed E-state index contributed by atoms with van der Waals surface area (Å²) in [6.07, 6.45) is 6.07. The summed E-state index contributed by atoms with van der Waals surface area (Å²) in [6, 6.07) is 0.543. The van der Waals surface area contributed by atoms with Gasteiger partial charge in [-0.1, -0.05) is 6.42 Å². The van der Waals surface area contributed by atoms with Gasteiger partial charge >= 0.3 is 0 Å². The number of carbonyl (C=O) groups is 1. The Labute approximate surface area is 92.2 Å². The molecule has 2 rings (SSSR count). The van der Waals surface area contributed by atoms with Crippen LogP contribution < -0.4 is 5.32 Å². The summed E-state index contributed by atoms with van der Waals surface area (Å²) in [5, 5.41) is 3.50. The molecule has 0 aromatic carbocycles. The molecule has 1 N–H and O–H groups in total. The average molecular weight is 210 g/mol. The summed E-state index contributed by atoms with van der Waals surface area (Å²) in [5.41, 5.74) is 0. The second-order valence-corrected chi connectivity index (χ2v) is 4.80. The van der Waals surface area contributed by atoms with Crippen molar-refractivity contribution in [2.45, 2.75) is 45.1 Å². The standard InChI is InChI=1S/C12H22N2O/c1-2-14(12(15)10-6-7-10)9-11-5-3-4-8-13-11/h10-11,13H,2-9H2,1H3. The summed E-state index contributed by atoms with van der Waals surface area (Å²) in [7, 11) is 0. The van der Waals surface area contributed by atoms with Gasteiger partial charge in [0.05, 0.1) is 0 Å². The first-order valence-corrected chi connectivity index (χ1v) is 6.33. The second-order valence-electron chi connectivity index (χ2n) is 4.80. The molecule has 1 saturated heterocycles. The summed E-state index contributed by atoms with van der Waals surface area (Å²) < 4.78 is 0. The minimum Gasteiger partial charge on any atom is -0.341 e. The number of rotatable bonds is 4. The minimum absolute atomic E-state index is 0.369. The van der Waals surface area contributed by atoms with Crippen LogP contribution in [0.1, 0.15) is 39.0 Å². The van der Waals surface area contributed by atoms with Crippen LogP contribution in [0.4, 0.5) is 0 Å². The van der Waals surface area contributed by atoms with Gasteiger partial charge < -0.3 is 10.2 Å². The van der Waals surface area contributed by atoms with E-state index in [2.05, 4.69) is 12.2 Å². The van der Waals surface area contributed by atoms with Crippen LogP contribution in [-0.4, -0.2) is 36.5 Å². The summed E-state index contributed by atoms with van der Waals surface area (Å²) in [6.45, 7) is 5.00. The van der Waals surface area contributed by atoms with Gasteiger partial charge in [0.1, 0.15) is 0 Å². The van der Waals surface area contributed by atoms with E-state index in [1.807, 2.05) is 4.90 Å². The SMILES string of the molecule is CCN(CC1CCCCN1)C(=O)C1CC1. The van der Waals surface area contributed by atoms with Gasteiger partial charge in [-0.25, -0.2) is 0 Å². The quantitative estimate of drug-likeness (QED) is 0.760. The van der Waals surface area contributed by atoms with Crippen molar-refractivity contribution >= 4 is 5.91 Å². The molecule has 1 aliphatic carbocycles. The maximum Gasteiger partial charge on any atom is 0.225 e. The van der Waals surface area contributed by atoms with Gasteiger partial charge in [-0.3, -0.25) is 4.79 Å². The lowest BCUT2D eigenvalue weighted by Gasteiger charge is -2.30. The molecule has 15 heavy (non-hydrogen) atoms. The Morgan fingerprint density at radius 1 is 1.33 bits per heavy atom. The Hall–Kier alpha value is -0.570. The zero-order valence-electron chi connectivity index (χ0n) is 9.67. The highest BCUT2D eigenvalue weighted by molar-refractivity contribution is 5.81. The topological polar surface area (TPSA) is 32.3 Å². The van der Waals surface area contributed by atoms with Crippen molar-refractivity contribution in [1.29, 1.82) is 0 Å². The third-order valence-corrected chi connectivity index (χ3v) is 3.47. The molecule has 0 bridgehead atoms. The van der Waals surface area contributed by atoms with Crippen LogP contribution >= 0.6 is 0 Å². The molecule has 1 unspecified atom stereocenters. The first-order chi connectivity index (χ1) is 7.31. The third-order valence-electron chi connectivity index (χ3n) is 3.47. The molecule has 1 saturated carbocycles. The maximum atomic E-state index is 11.9. The predicted octanol–water partition coefficient (Wildman–Crippen LogP) is 1.39. The van der Waals surface area contributed by atoms with Crippen LogP contribution in [-0.2, 0) is 4.79 Å². The molecule has 0 radical (unpaired) electrons. The Morgan fingerprint density at radius 2 is 2.13 bits per heavy atom. The number of hydrogen-bond acceptors (Lipinski definition) is 2. The van der Waals surface area contributed by atoms with Crippen LogP contribution in [0.25, 0.3) is 0 Å². The Balaban J connectivity index is 1.80. The molecule has 3 nitrogen and oxygen atoms in total. The molecule has 0 spiro atoms. The number of nitrogens with zero attached hydrogens (tertiary/aromatic N) is 1. The van der Waals surface area contributed by atoms with E-state index < -0.39 is 0 Å². The highest BCUT2D eigenvalue weighted by Crippen LogP contribution is 2.31. The highest BCUT2D eigenvalue weighted by Gasteiger charge is 2.33. The van der Waals surface area contributed by atoms with E-state index >= 15 is 0 Å². The monoisotopic (exact) mass is 210 g/mol. The molecule has 1 heterocycles. The van der Waals surface area contributed by atoms with Gasteiger partial charge in [0.2, 0.25) is 5.91 Å². The summed E-state index contributed by atoms with van der Waals surface area (Å²) in [5.74, 6) is 0.762. The van der Waals surface area contributed by atoms with E-state index in [4.69, 9.17) is 0 Å². The number of carbonyl (C=O) groups excluding carboxylic acids is 1. The van der Waals surface area contributed by atoms with E-state index in [0.29, 0.717) is 17.9 Å². The van der Waals surface area contributed by atoms with Crippen molar-refractivity contribution in [3.63, 3.8) is 0 Å². The number of likely N-dealkylation sites (N-methyl/N-ethyl adjacent to an activating group) is 1. The van der Waals surface area contributed by atoms with Gasteiger partial charge in [-0.15, -0.1) is 0 Å². The number of piperidine rings is 1. The van der Waals surface area contributed by atoms with E-state index in [9.17, 15) is 4.79 Å². The fraction of sp³-hybridized carbons (Fsp3) is 0.917. The number of amides is 1. The normalized spacial score (nSPS) is 26.3. The third kappa shape index (κ3) is 2.94. The molecule has 1 aliphatic heterocycles. The minimum atomic E-state index is 0.369. The van der Waals surface area contributed by atoms with Gasteiger partial charge in [0.25, 0.3) is 0 Å². The first kappa shape index (κ1) is 10.9. The lowest BCUT2D eigenvalue weighted by molar-refractivity contribution is -0.132. The van der Waals surface area contributed by atoms with Crippen LogP contribution in [0.5, 0.6) is 0 Å². The Kier molecular flexibility index (Phi) is 3.62. The molecule has 3 heteroatoms. The number of nitrogens with one attached hydrogen (secondary N) is 1. The van der Waals surface area contributed by atoms with Crippen molar-refractivity contribution in [3.8, 4) is 0 Å². The molecule has 1 atom stereocenters. The van der Waals surface area contributed by atoms with Gasteiger partial charge in [0.15, 0.2) is 0 Å². The molecular formula is C12H22N2O. The fourth-order valence-corrected chi connectivity index (χ4v) is 2.31. The summed E-state index contributed by atoms with van der Waals surface area (Å²) >= 11 is 0.